The van der Waals surface area contributed by atoms with E-state index in [1.54, 1.807) is 24.5 Å². The molecule has 0 saturated heterocycles. The molecule has 12 rings (SSSR count). The van der Waals surface area contributed by atoms with E-state index in [0.29, 0.717) is 5.56 Å². The van der Waals surface area contributed by atoms with Crippen LogP contribution in [0.25, 0.3) is 78.0 Å². The van der Waals surface area contributed by atoms with Gasteiger partial charge in [-0.15, -0.1) is 0 Å². The smallest absolute Gasteiger partial charge is 0.240 e. The summed E-state index contributed by atoms with van der Waals surface area (Å²) in [7, 11) is -3.41. The highest BCUT2D eigenvalue weighted by atomic mass is 28.3. The first-order valence-electron chi connectivity index (χ1n) is 25.8. The lowest BCUT2D eigenvalue weighted by atomic mass is 10.1. The standard InChI is InChI=1S/C49H31N7Si/c1-2-16-33(17-3-1)57(46-39(23-13-29-50-46)40-24-14-30-51-47(40)57)34-18-12-15-32(31-34)45-52-48(55-41-25-8-4-19-35(41)36-20-5-9-26-42(36)55)54-49(53-45)56-43-27-10-6-21-37(43)38-22-7-11-28-44(38)56/h1-31H/i4D,5D,6D,7D,8D,9D,10D,11D,19D,20D,21D,22D,25D,26D,27D,28D. The quantitative estimate of drug-likeness (QED) is 0.167. The summed E-state index contributed by atoms with van der Waals surface area (Å²) in [5.74, 6) is -1.12. The van der Waals surface area contributed by atoms with Crippen molar-refractivity contribution in [2.45, 2.75) is 0 Å². The fraction of sp³-hybridized carbons (Fsp3) is 0. The Labute approximate surface area is 350 Å². The van der Waals surface area contributed by atoms with Crippen LogP contribution in [0.5, 0.6) is 0 Å². The fourth-order valence-corrected chi connectivity index (χ4v) is 13.0. The van der Waals surface area contributed by atoms with Gasteiger partial charge in [-0.1, -0.05) is 139 Å². The van der Waals surface area contributed by atoms with Crippen LogP contribution in [0.3, 0.4) is 0 Å². The van der Waals surface area contributed by atoms with E-state index in [9.17, 15) is 5.48 Å². The molecule has 0 atom stereocenters. The van der Waals surface area contributed by atoms with Gasteiger partial charge in [0.15, 0.2) is 5.82 Å². The van der Waals surface area contributed by atoms with Crippen molar-refractivity contribution in [3.05, 3.63) is 188 Å². The Bertz CT molecular complexity index is 3940. The number of para-hydroxylation sites is 4. The van der Waals surface area contributed by atoms with Gasteiger partial charge in [-0.2, -0.15) is 15.0 Å². The second-order valence-electron chi connectivity index (χ2n) is 13.3. The monoisotopic (exact) mass is 761 g/mol. The third-order valence-corrected chi connectivity index (χ3v) is 15.0. The van der Waals surface area contributed by atoms with E-state index in [4.69, 9.17) is 41.4 Å². The largest absolute Gasteiger partial charge is 0.278 e. The van der Waals surface area contributed by atoms with Crippen molar-refractivity contribution < 1.29 is 21.9 Å². The third-order valence-electron chi connectivity index (χ3n) is 10.5. The number of nitrogens with zero attached hydrogens (tertiary/aromatic N) is 7. The van der Waals surface area contributed by atoms with Gasteiger partial charge in [-0.05, 0) is 46.7 Å². The number of rotatable bonds is 5. The number of hydrogen-bond donors (Lipinski definition) is 0. The Kier molecular flexibility index (Phi) is 4.26. The third kappa shape index (κ3) is 4.50. The minimum Gasteiger partial charge on any atom is -0.278 e. The summed E-state index contributed by atoms with van der Waals surface area (Å²) in [6, 6.07) is 14.3. The van der Waals surface area contributed by atoms with Gasteiger partial charge in [0.2, 0.25) is 20.0 Å². The molecule has 0 N–H and O–H groups in total. The van der Waals surface area contributed by atoms with Gasteiger partial charge in [0, 0.05) is 61.3 Å². The molecule has 0 amide bonds. The summed E-state index contributed by atoms with van der Waals surface area (Å²) >= 11 is 0. The van der Waals surface area contributed by atoms with Gasteiger partial charge in [0.1, 0.15) is 0 Å². The minimum absolute atomic E-state index is 0.159. The summed E-state index contributed by atoms with van der Waals surface area (Å²) < 4.78 is 145. The molecular formula is C49H31N7Si. The molecule has 0 saturated carbocycles. The topological polar surface area (TPSA) is 74.3 Å². The Hall–Kier alpha value is -7.55. The predicted octanol–water partition coefficient (Wildman–Crippen LogP) is 7.88. The van der Waals surface area contributed by atoms with Crippen molar-refractivity contribution >= 4 is 72.7 Å². The molecule has 7 nitrogen and oxygen atoms in total. The molecule has 6 aromatic carbocycles. The van der Waals surface area contributed by atoms with Crippen LogP contribution in [0.15, 0.2) is 188 Å². The van der Waals surface area contributed by atoms with Crippen LogP contribution in [0.4, 0.5) is 0 Å². The van der Waals surface area contributed by atoms with Crippen molar-refractivity contribution in [3.63, 3.8) is 0 Å². The first-order chi connectivity index (χ1) is 34.9. The van der Waals surface area contributed by atoms with Crippen LogP contribution in [-0.2, 0) is 0 Å². The van der Waals surface area contributed by atoms with Gasteiger partial charge in [0.25, 0.3) is 0 Å². The molecule has 1 aliphatic rings. The van der Waals surface area contributed by atoms with Gasteiger partial charge in [0.05, 0.1) is 44.0 Å². The van der Waals surface area contributed by atoms with Crippen LogP contribution in [-0.4, -0.2) is 42.1 Å². The number of pyridine rings is 2. The molecule has 0 unspecified atom stereocenters. The van der Waals surface area contributed by atoms with Gasteiger partial charge >= 0.3 is 0 Å². The molecule has 11 aromatic rings. The molecule has 5 aromatic heterocycles. The number of hydrogen-bond acceptors (Lipinski definition) is 5. The first kappa shape index (κ1) is 19.9. The summed E-state index contributed by atoms with van der Waals surface area (Å²) in [5.41, 5.74) is 0.784. The van der Waals surface area contributed by atoms with E-state index in [1.807, 2.05) is 66.7 Å². The number of aromatic nitrogens is 7. The van der Waals surface area contributed by atoms with Gasteiger partial charge < -0.3 is 0 Å². The summed E-state index contributed by atoms with van der Waals surface area (Å²) in [4.78, 5) is 24.8. The summed E-state index contributed by atoms with van der Waals surface area (Å²) in [5, 5.41) is 2.26. The lowest BCUT2D eigenvalue weighted by Gasteiger charge is -2.29. The van der Waals surface area contributed by atoms with E-state index in [0.717, 1.165) is 41.3 Å². The van der Waals surface area contributed by atoms with E-state index < -0.39 is 117 Å². The highest BCUT2D eigenvalue weighted by Gasteiger charge is 2.51. The molecule has 0 bridgehead atoms. The maximum atomic E-state index is 9.28. The molecule has 0 spiro atoms. The molecule has 8 heteroatoms. The average molecular weight is 762 g/mol. The van der Waals surface area contributed by atoms with E-state index in [-0.39, 0.29) is 49.4 Å². The van der Waals surface area contributed by atoms with E-state index in [1.165, 1.54) is 0 Å². The van der Waals surface area contributed by atoms with Crippen LogP contribution in [0.2, 0.25) is 0 Å². The zero-order valence-electron chi connectivity index (χ0n) is 45.3. The molecule has 0 fully saturated rings. The average Bonchev–Trinajstić information content (AvgIpc) is 4.07. The maximum absolute atomic E-state index is 9.28. The highest BCUT2D eigenvalue weighted by molar-refractivity contribution is 7.21. The molecule has 266 valence electrons. The van der Waals surface area contributed by atoms with Crippen LogP contribution in [0, 0.1) is 0 Å². The van der Waals surface area contributed by atoms with Crippen LogP contribution in [0.1, 0.15) is 21.9 Å². The summed E-state index contributed by atoms with van der Waals surface area (Å²) in [6.45, 7) is 0. The van der Waals surface area contributed by atoms with Crippen molar-refractivity contribution in [2.24, 2.45) is 0 Å². The van der Waals surface area contributed by atoms with E-state index in [2.05, 4.69) is 0 Å². The SMILES string of the molecule is [2H]c1c([2H])c([2H])c2c(c1[2H])c1c([2H])c([2H])c([2H])c([2H])c1n2-c1nc(-c2cccc([Si]3(c4ccccc4)c4ncccc4-c4cccnc43)c2)nc(-n2c3c([2H])c([2H])c([2H])c([2H])c3c3c([2H])c([2H])c([2H])c([2H])c32)n1. The number of benzene rings is 6. The fourth-order valence-electron chi connectivity index (χ4n) is 8.17. The van der Waals surface area contributed by atoms with E-state index >= 15 is 0 Å². The van der Waals surface area contributed by atoms with Crippen molar-refractivity contribution in [3.8, 4) is 34.4 Å². The van der Waals surface area contributed by atoms with Crippen molar-refractivity contribution in [1.29, 1.82) is 0 Å². The molecule has 0 aliphatic carbocycles. The highest BCUT2D eigenvalue weighted by Crippen LogP contribution is 2.35. The molecule has 1 aliphatic heterocycles. The Balaban J connectivity index is 1.27. The zero-order chi connectivity index (χ0) is 51.4. The van der Waals surface area contributed by atoms with Crippen molar-refractivity contribution in [1.82, 2.24) is 34.1 Å². The molecule has 6 heterocycles. The second kappa shape index (κ2) is 12.2. The van der Waals surface area contributed by atoms with Crippen LogP contribution >= 0.6 is 0 Å². The zero-order valence-corrected chi connectivity index (χ0v) is 30.3. The van der Waals surface area contributed by atoms with Gasteiger partial charge in [-0.25, -0.2) is 0 Å². The molecule has 57 heavy (non-hydrogen) atoms. The summed E-state index contributed by atoms with van der Waals surface area (Å²) in [6.07, 6.45) is 3.46. The predicted molar refractivity (Wildman–Crippen MR) is 232 cm³/mol. The number of fused-ring (bicyclic) bond motifs is 9. The molecular weight excluding hydrogens is 715 g/mol. The Morgan fingerprint density at radius 1 is 0.439 bits per heavy atom. The second-order valence-corrected chi connectivity index (χ2v) is 16.9. The first-order valence-corrected chi connectivity index (χ1v) is 19.8. The Morgan fingerprint density at radius 3 is 1.39 bits per heavy atom. The normalized spacial score (nSPS) is 17.0. The minimum atomic E-state index is -3.41. The van der Waals surface area contributed by atoms with Crippen LogP contribution < -0.4 is 21.0 Å². The lowest BCUT2D eigenvalue weighted by molar-refractivity contribution is 0.893. The van der Waals surface area contributed by atoms with Gasteiger partial charge in [-0.3, -0.25) is 19.1 Å². The Morgan fingerprint density at radius 2 is 0.895 bits per heavy atom. The molecule has 0 radical (unpaired) electrons. The lowest BCUT2D eigenvalue weighted by Crippen LogP contribution is -2.74. The maximum Gasteiger partial charge on any atom is 0.240 e. The van der Waals surface area contributed by atoms with Crippen molar-refractivity contribution in [2.75, 3.05) is 0 Å².